The molecule has 172 valence electrons. The van der Waals surface area contributed by atoms with Crippen LogP contribution < -0.4 is 14.9 Å². The van der Waals surface area contributed by atoms with Crippen molar-refractivity contribution in [3.8, 4) is 17.6 Å². The maximum Gasteiger partial charge on any atom is 0.335 e. The Hall–Kier alpha value is -3.98. The highest BCUT2D eigenvalue weighted by Crippen LogP contribution is 2.34. The molecule has 0 aromatic heterocycles. The van der Waals surface area contributed by atoms with E-state index in [1.165, 1.54) is 37.6 Å². The summed E-state index contributed by atoms with van der Waals surface area (Å²) in [6, 6.07) is 15.1. The highest BCUT2D eigenvalue weighted by Gasteiger charge is 2.13. The Kier molecular flexibility index (Phi) is 8.15. The summed E-state index contributed by atoms with van der Waals surface area (Å²) in [5.41, 5.74) is 3.69. The first-order valence-corrected chi connectivity index (χ1v) is 10.8. The molecule has 10 heteroatoms. The Labute approximate surface area is 207 Å². The van der Waals surface area contributed by atoms with E-state index in [2.05, 4.69) is 33.1 Å². The van der Waals surface area contributed by atoms with Gasteiger partial charge in [0.1, 0.15) is 12.4 Å². The number of ether oxygens (including phenoxy) is 2. The number of rotatable bonds is 8. The minimum Gasteiger partial charge on any atom is -0.493 e. The van der Waals surface area contributed by atoms with Crippen molar-refractivity contribution in [1.82, 2.24) is 5.43 Å². The van der Waals surface area contributed by atoms with Crippen molar-refractivity contribution < 1.29 is 28.6 Å². The number of methoxy groups -OCH3 is 1. The fourth-order valence-corrected chi connectivity index (χ4v) is 3.63. The summed E-state index contributed by atoms with van der Waals surface area (Å²) in [5, 5.41) is 21.6. The number of nitrogens with zero attached hydrogens (tertiary/aromatic N) is 2. The van der Waals surface area contributed by atoms with Crippen LogP contribution >= 0.6 is 22.6 Å². The molecule has 0 saturated carbocycles. The van der Waals surface area contributed by atoms with Crippen LogP contribution in [0.25, 0.3) is 0 Å². The molecule has 0 saturated heterocycles. The van der Waals surface area contributed by atoms with Crippen molar-refractivity contribution in [2.45, 2.75) is 6.61 Å². The van der Waals surface area contributed by atoms with Crippen LogP contribution in [0.4, 0.5) is 4.39 Å². The lowest BCUT2D eigenvalue weighted by atomic mass is 10.1. The number of aromatic carboxylic acids is 1. The quantitative estimate of drug-likeness (QED) is 0.235. The molecule has 3 aromatic carbocycles. The Morgan fingerprint density at radius 2 is 1.94 bits per heavy atom. The monoisotopic (exact) mass is 573 g/mol. The number of carbonyl (C=O) groups is 2. The molecule has 0 fully saturated rings. The van der Waals surface area contributed by atoms with Gasteiger partial charge < -0.3 is 14.6 Å². The van der Waals surface area contributed by atoms with Gasteiger partial charge in [0, 0.05) is 0 Å². The lowest BCUT2D eigenvalue weighted by molar-refractivity contribution is 0.0696. The van der Waals surface area contributed by atoms with Gasteiger partial charge in [0.2, 0.25) is 0 Å². The molecule has 0 bridgehead atoms. The Balaban J connectivity index is 1.69. The zero-order valence-electron chi connectivity index (χ0n) is 17.7. The molecule has 0 spiro atoms. The molecular weight excluding hydrogens is 556 g/mol. The molecule has 3 rings (SSSR count). The van der Waals surface area contributed by atoms with Gasteiger partial charge in [0.05, 0.1) is 39.7 Å². The lowest BCUT2D eigenvalue weighted by Gasteiger charge is -2.13. The van der Waals surface area contributed by atoms with Gasteiger partial charge in [0.25, 0.3) is 5.91 Å². The normalized spacial score (nSPS) is 10.5. The van der Waals surface area contributed by atoms with E-state index in [4.69, 9.17) is 19.8 Å². The second-order valence-corrected chi connectivity index (χ2v) is 7.99. The number of carbonyl (C=O) groups excluding carboxylic acids is 1. The number of nitrogens with one attached hydrogen (secondary N) is 1. The highest BCUT2D eigenvalue weighted by atomic mass is 127. The van der Waals surface area contributed by atoms with Crippen molar-refractivity contribution in [1.29, 1.82) is 5.26 Å². The first-order valence-electron chi connectivity index (χ1n) is 9.68. The van der Waals surface area contributed by atoms with Crippen molar-refractivity contribution in [2.24, 2.45) is 5.10 Å². The van der Waals surface area contributed by atoms with Crippen LogP contribution in [-0.2, 0) is 6.61 Å². The maximum absolute atomic E-state index is 14.0. The standard InChI is InChI=1S/C24H17FIN3O5/c1-33-21-10-16(12-28-29-23(30)18-7-4-15(11-27)8-19(18)25)9-20(26)22(21)34-13-14-2-5-17(6-3-14)24(31)32/h2-10,12H,13H2,1H3,(H,29,30)(H,31,32)/b28-12-. The van der Waals surface area contributed by atoms with Gasteiger partial charge in [-0.15, -0.1) is 0 Å². The lowest BCUT2D eigenvalue weighted by Crippen LogP contribution is -2.19. The van der Waals surface area contributed by atoms with E-state index < -0.39 is 17.7 Å². The van der Waals surface area contributed by atoms with Gasteiger partial charge in [-0.05, 0) is 76.2 Å². The second kappa shape index (κ2) is 11.2. The van der Waals surface area contributed by atoms with Gasteiger partial charge in [-0.1, -0.05) is 12.1 Å². The molecule has 3 aromatic rings. The summed E-state index contributed by atoms with van der Waals surface area (Å²) >= 11 is 2.07. The molecule has 0 aliphatic heterocycles. The topological polar surface area (TPSA) is 121 Å². The largest absolute Gasteiger partial charge is 0.493 e. The number of hydrazone groups is 1. The molecule has 0 atom stereocenters. The predicted octanol–water partition coefficient (Wildman–Crippen LogP) is 4.35. The molecule has 0 unspecified atom stereocenters. The van der Waals surface area contributed by atoms with Crippen LogP contribution in [0.1, 0.15) is 37.4 Å². The van der Waals surface area contributed by atoms with Crippen LogP contribution in [-0.4, -0.2) is 30.3 Å². The van der Waals surface area contributed by atoms with E-state index in [0.29, 0.717) is 20.6 Å². The third-order valence-electron chi connectivity index (χ3n) is 4.56. The Morgan fingerprint density at radius 1 is 1.21 bits per heavy atom. The van der Waals surface area contributed by atoms with E-state index in [1.54, 1.807) is 30.3 Å². The van der Waals surface area contributed by atoms with Crippen molar-refractivity contribution in [3.05, 3.63) is 91.8 Å². The van der Waals surface area contributed by atoms with Crippen LogP contribution in [0, 0.1) is 20.7 Å². The van der Waals surface area contributed by atoms with E-state index in [9.17, 15) is 14.0 Å². The minimum atomic E-state index is -1.00. The van der Waals surface area contributed by atoms with Crippen LogP contribution in [0.5, 0.6) is 11.5 Å². The molecule has 0 radical (unpaired) electrons. The fraction of sp³-hybridized carbons (Fsp3) is 0.0833. The van der Waals surface area contributed by atoms with Crippen LogP contribution in [0.15, 0.2) is 59.7 Å². The SMILES string of the molecule is COc1cc(/C=N\NC(=O)c2ccc(C#N)cc2F)cc(I)c1OCc1ccc(C(=O)O)cc1. The van der Waals surface area contributed by atoms with Gasteiger partial charge in [-0.2, -0.15) is 10.4 Å². The van der Waals surface area contributed by atoms with Gasteiger partial charge in [-0.25, -0.2) is 14.6 Å². The molecule has 0 aliphatic rings. The molecular formula is C24H17FIN3O5. The van der Waals surface area contributed by atoms with Crippen LogP contribution in [0.2, 0.25) is 0 Å². The molecule has 0 heterocycles. The average Bonchev–Trinajstić information content (AvgIpc) is 2.83. The van der Waals surface area contributed by atoms with Crippen molar-refractivity contribution >= 4 is 40.7 Å². The number of amides is 1. The fourth-order valence-electron chi connectivity index (χ4n) is 2.85. The molecule has 1 amide bonds. The van der Waals surface area contributed by atoms with Crippen molar-refractivity contribution in [2.75, 3.05) is 7.11 Å². The first kappa shape index (κ1) is 24.7. The average molecular weight is 573 g/mol. The maximum atomic E-state index is 14.0. The molecule has 34 heavy (non-hydrogen) atoms. The Bertz CT molecular complexity index is 1300. The molecule has 2 N–H and O–H groups in total. The van der Waals surface area contributed by atoms with Gasteiger partial charge in [-0.3, -0.25) is 4.79 Å². The first-order chi connectivity index (χ1) is 16.3. The van der Waals surface area contributed by atoms with E-state index >= 15 is 0 Å². The molecule has 0 aliphatic carbocycles. The summed E-state index contributed by atoms with van der Waals surface area (Å²) in [4.78, 5) is 23.1. The second-order valence-electron chi connectivity index (χ2n) is 6.83. The predicted molar refractivity (Wildman–Crippen MR) is 130 cm³/mol. The number of halogens is 2. The smallest absolute Gasteiger partial charge is 0.335 e. The summed E-state index contributed by atoms with van der Waals surface area (Å²) in [6.07, 6.45) is 1.37. The summed E-state index contributed by atoms with van der Waals surface area (Å²) in [6.45, 7) is 0.200. The number of benzene rings is 3. The van der Waals surface area contributed by atoms with E-state index in [-0.39, 0.29) is 23.3 Å². The third-order valence-corrected chi connectivity index (χ3v) is 5.36. The zero-order chi connectivity index (χ0) is 24.7. The number of hydrogen-bond acceptors (Lipinski definition) is 6. The molecule has 8 nitrogen and oxygen atoms in total. The number of carboxylic acid groups (broad SMARTS) is 1. The van der Waals surface area contributed by atoms with Crippen molar-refractivity contribution in [3.63, 3.8) is 0 Å². The summed E-state index contributed by atoms with van der Waals surface area (Å²) in [5.74, 6) is -1.65. The van der Waals surface area contributed by atoms with Gasteiger partial charge in [0.15, 0.2) is 11.5 Å². The third kappa shape index (κ3) is 6.08. The Morgan fingerprint density at radius 3 is 2.56 bits per heavy atom. The summed E-state index contributed by atoms with van der Waals surface area (Å²) in [7, 11) is 1.48. The minimum absolute atomic E-state index is 0.110. The zero-order valence-corrected chi connectivity index (χ0v) is 19.9. The number of hydrogen-bond donors (Lipinski definition) is 2. The van der Waals surface area contributed by atoms with E-state index in [0.717, 1.165) is 11.6 Å². The summed E-state index contributed by atoms with van der Waals surface area (Å²) < 4.78 is 26.0. The number of nitriles is 1. The van der Waals surface area contributed by atoms with E-state index in [1.807, 2.05) is 0 Å². The highest BCUT2D eigenvalue weighted by molar-refractivity contribution is 14.1. The van der Waals surface area contributed by atoms with Gasteiger partial charge >= 0.3 is 5.97 Å². The van der Waals surface area contributed by atoms with Crippen LogP contribution in [0.3, 0.4) is 0 Å². The number of carboxylic acids is 1.